The Labute approximate surface area is 103 Å². The fourth-order valence-corrected chi connectivity index (χ4v) is 2.13. The molecular formula is C11H12N2O3S. The summed E-state index contributed by atoms with van der Waals surface area (Å²) in [5, 5.41) is 28.8. The highest BCUT2D eigenvalue weighted by molar-refractivity contribution is 8.00. The third-order valence-corrected chi connectivity index (χ3v) is 3.64. The Balaban J connectivity index is 3.08. The van der Waals surface area contributed by atoms with Crippen LogP contribution in [0.3, 0.4) is 0 Å². The molecule has 6 heteroatoms. The average Bonchev–Trinajstić information content (AvgIpc) is 2.29. The highest BCUT2D eigenvalue weighted by atomic mass is 32.2. The Bertz CT molecular complexity index is 468. The van der Waals surface area contributed by atoms with Gasteiger partial charge in [0.2, 0.25) is 0 Å². The van der Waals surface area contributed by atoms with Gasteiger partial charge in [0.25, 0.3) is 5.69 Å². The van der Waals surface area contributed by atoms with Gasteiger partial charge in [-0.05, 0) is 19.1 Å². The van der Waals surface area contributed by atoms with Crippen molar-refractivity contribution in [2.75, 3.05) is 0 Å². The van der Waals surface area contributed by atoms with E-state index in [4.69, 9.17) is 5.26 Å². The van der Waals surface area contributed by atoms with Gasteiger partial charge in [-0.3, -0.25) is 10.1 Å². The zero-order chi connectivity index (χ0) is 13.0. The van der Waals surface area contributed by atoms with Crippen molar-refractivity contribution in [2.24, 2.45) is 0 Å². The third kappa shape index (κ3) is 3.44. The third-order valence-electron chi connectivity index (χ3n) is 2.28. The van der Waals surface area contributed by atoms with Gasteiger partial charge in [0.15, 0.2) is 0 Å². The van der Waals surface area contributed by atoms with Gasteiger partial charge in [0, 0.05) is 11.3 Å². The summed E-state index contributed by atoms with van der Waals surface area (Å²) >= 11 is 1.22. The molecule has 0 saturated carbocycles. The second-order valence-corrected chi connectivity index (χ2v) is 5.03. The first-order valence-corrected chi connectivity index (χ1v) is 5.87. The van der Waals surface area contributed by atoms with E-state index in [2.05, 4.69) is 0 Å². The number of aliphatic hydroxyl groups excluding tert-OH is 1. The molecule has 5 nitrogen and oxygen atoms in total. The number of nitrogens with zero attached hydrogens (tertiary/aromatic N) is 2. The van der Waals surface area contributed by atoms with Crippen LogP contribution in [0.2, 0.25) is 0 Å². The van der Waals surface area contributed by atoms with Gasteiger partial charge >= 0.3 is 0 Å². The minimum Gasteiger partial charge on any atom is -0.392 e. The SMILES string of the molecule is C[C@H](O)[C@@H](C)Sc1ccc(C#N)cc1[N+](=O)[O-]. The number of benzene rings is 1. The highest BCUT2D eigenvalue weighted by Crippen LogP contribution is 2.33. The molecule has 0 bridgehead atoms. The molecule has 0 spiro atoms. The van der Waals surface area contributed by atoms with Crippen LogP contribution >= 0.6 is 11.8 Å². The van der Waals surface area contributed by atoms with Crippen LogP contribution in [-0.2, 0) is 0 Å². The van der Waals surface area contributed by atoms with E-state index in [-0.39, 0.29) is 16.5 Å². The highest BCUT2D eigenvalue weighted by Gasteiger charge is 2.19. The fraction of sp³-hybridized carbons (Fsp3) is 0.364. The normalized spacial score (nSPS) is 13.8. The number of nitro groups is 1. The molecule has 0 aliphatic rings. The number of aliphatic hydroxyl groups is 1. The van der Waals surface area contributed by atoms with Crippen LogP contribution in [0.5, 0.6) is 0 Å². The van der Waals surface area contributed by atoms with Crippen LogP contribution in [0, 0.1) is 21.4 Å². The van der Waals surface area contributed by atoms with Crippen molar-refractivity contribution in [3.8, 4) is 6.07 Å². The van der Waals surface area contributed by atoms with Crippen molar-refractivity contribution >= 4 is 17.4 Å². The monoisotopic (exact) mass is 252 g/mol. The van der Waals surface area contributed by atoms with E-state index in [0.717, 1.165) is 0 Å². The molecule has 0 aliphatic carbocycles. The van der Waals surface area contributed by atoms with E-state index >= 15 is 0 Å². The van der Waals surface area contributed by atoms with E-state index < -0.39 is 11.0 Å². The lowest BCUT2D eigenvalue weighted by molar-refractivity contribution is -0.387. The molecule has 17 heavy (non-hydrogen) atoms. The van der Waals surface area contributed by atoms with Crippen molar-refractivity contribution < 1.29 is 10.0 Å². The first-order chi connectivity index (χ1) is 7.95. The van der Waals surface area contributed by atoms with Crippen LogP contribution < -0.4 is 0 Å². The molecule has 1 aromatic carbocycles. The first-order valence-electron chi connectivity index (χ1n) is 4.99. The minimum absolute atomic E-state index is 0.0958. The molecule has 0 fully saturated rings. The van der Waals surface area contributed by atoms with Gasteiger partial charge in [-0.15, -0.1) is 11.8 Å². The minimum atomic E-state index is -0.560. The van der Waals surface area contributed by atoms with Crippen LogP contribution in [0.1, 0.15) is 19.4 Å². The van der Waals surface area contributed by atoms with Crippen molar-refractivity contribution in [1.82, 2.24) is 0 Å². The lowest BCUT2D eigenvalue weighted by Crippen LogP contribution is -2.15. The smallest absolute Gasteiger partial charge is 0.284 e. The number of rotatable bonds is 4. The maximum absolute atomic E-state index is 10.9. The Morgan fingerprint density at radius 2 is 2.18 bits per heavy atom. The fourth-order valence-electron chi connectivity index (χ4n) is 1.13. The van der Waals surface area contributed by atoms with E-state index in [0.29, 0.717) is 4.90 Å². The lowest BCUT2D eigenvalue weighted by Gasteiger charge is -2.13. The molecule has 1 rings (SSSR count). The molecule has 0 unspecified atom stereocenters. The summed E-state index contributed by atoms with van der Waals surface area (Å²) in [7, 11) is 0. The number of hydrogen-bond acceptors (Lipinski definition) is 5. The van der Waals surface area contributed by atoms with Gasteiger partial charge in [-0.1, -0.05) is 6.92 Å². The Morgan fingerprint density at radius 1 is 1.53 bits per heavy atom. The molecule has 0 heterocycles. The van der Waals surface area contributed by atoms with Gasteiger partial charge in [0.1, 0.15) is 0 Å². The number of hydrogen-bond donors (Lipinski definition) is 1. The van der Waals surface area contributed by atoms with E-state index in [1.807, 2.05) is 6.07 Å². The van der Waals surface area contributed by atoms with Crippen LogP contribution in [0.15, 0.2) is 23.1 Å². The van der Waals surface area contributed by atoms with Crippen LogP contribution in [-0.4, -0.2) is 21.4 Å². The standard InChI is InChI=1S/C11H12N2O3S/c1-7(14)8(2)17-11-4-3-9(6-12)5-10(11)13(15)16/h3-5,7-8,14H,1-2H3/t7-,8+/m0/s1. The van der Waals surface area contributed by atoms with E-state index in [9.17, 15) is 15.2 Å². The molecule has 0 aromatic heterocycles. The summed E-state index contributed by atoms with van der Waals surface area (Å²) in [6.07, 6.45) is -0.560. The van der Waals surface area contributed by atoms with Gasteiger partial charge < -0.3 is 5.11 Å². The molecule has 1 N–H and O–H groups in total. The van der Waals surface area contributed by atoms with Crippen molar-refractivity contribution in [3.63, 3.8) is 0 Å². The second kappa shape index (κ2) is 5.66. The Kier molecular flexibility index (Phi) is 4.49. The Hall–Kier alpha value is -1.58. The maximum atomic E-state index is 10.9. The zero-order valence-corrected chi connectivity index (χ0v) is 10.3. The summed E-state index contributed by atoms with van der Waals surface area (Å²) in [4.78, 5) is 10.8. The predicted molar refractivity (Wildman–Crippen MR) is 64.8 cm³/mol. The van der Waals surface area contributed by atoms with Gasteiger partial charge in [-0.2, -0.15) is 5.26 Å². The second-order valence-electron chi connectivity index (χ2n) is 3.61. The molecule has 90 valence electrons. The molecule has 0 radical (unpaired) electrons. The summed E-state index contributed by atoms with van der Waals surface area (Å²) in [6, 6.07) is 6.18. The van der Waals surface area contributed by atoms with Crippen molar-refractivity contribution in [2.45, 2.75) is 30.1 Å². The molecule has 2 atom stereocenters. The number of nitriles is 1. The molecule has 1 aromatic rings. The molecule has 0 saturated heterocycles. The molecule has 0 aliphatic heterocycles. The first kappa shape index (κ1) is 13.5. The zero-order valence-electron chi connectivity index (χ0n) is 9.45. The van der Waals surface area contributed by atoms with Gasteiger partial charge in [-0.25, -0.2) is 0 Å². The van der Waals surface area contributed by atoms with E-state index in [1.165, 1.54) is 23.9 Å². The average molecular weight is 252 g/mol. The summed E-state index contributed by atoms with van der Waals surface area (Å²) in [5.41, 5.74) is 0.160. The summed E-state index contributed by atoms with van der Waals surface area (Å²) in [6.45, 7) is 3.42. The topological polar surface area (TPSA) is 87.2 Å². The maximum Gasteiger partial charge on any atom is 0.284 e. The largest absolute Gasteiger partial charge is 0.392 e. The van der Waals surface area contributed by atoms with E-state index in [1.54, 1.807) is 19.9 Å². The number of thioether (sulfide) groups is 1. The molecule has 0 amide bonds. The van der Waals surface area contributed by atoms with Crippen LogP contribution in [0.25, 0.3) is 0 Å². The van der Waals surface area contributed by atoms with Crippen LogP contribution in [0.4, 0.5) is 5.69 Å². The quantitative estimate of drug-likeness (QED) is 0.505. The van der Waals surface area contributed by atoms with Crippen molar-refractivity contribution in [1.29, 1.82) is 5.26 Å². The summed E-state index contributed by atoms with van der Waals surface area (Å²) in [5.74, 6) is 0. The molecular weight excluding hydrogens is 240 g/mol. The number of nitro benzene ring substituents is 1. The van der Waals surface area contributed by atoms with Crippen molar-refractivity contribution in [3.05, 3.63) is 33.9 Å². The Morgan fingerprint density at radius 3 is 2.65 bits per heavy atom. The lowest BCUT2D eigenvalue weighted by atomic mass is 10.2. The predicted octanol–water partition coefficient (Wildman–Crippen LogP) is 2.33. The van der Waals surface area contributed by atoms with Gasteiger partial charge in [0.05, 0.1) is 27.6 Å². The summed E-state index contributed by atoms with van der Waals surface area (Å²) < 4.78 is 0.